The fourth-order valence-corrected chi connectivity index (χ4v) is 3.63. The highest BCUT2D eigenvalue weighted by Gasteiger charge is 2.50. The van der Waals surface area contributed by atoms with E-state index in [1.165, 1.54) is 0 Å². The summed E-state index contributed by atoms with van der Waals surface area (Å²) in [5, 5.41) is 7.13. The zero-order valence-corrected chi connectivity index (χ0v) is 14.6. The number of carbonyl (C=O) groups is 2. The number of imidazole rings is 1. The number of aromatic amines is 1. The molecule has 2 atom stereocenters. The van der Waals surface area contributed by atoms with Gasteiger partial charge in [0.2, 0.25) is 17.8 Å². The number of amides is 2. The highest BCUT2D eigenvalue weighted by molar-refractivity contribution is 5.97. The maximum atomic E-state index is 12.9. The molecule has 2 aromatic rings. The van der Waals surface area contributed by atoms with E-state index < -0.39 is 5.92 Å². The van der Waals surface area contributed by atoms with Crippen molar-refractivity contribution in [2.45, 2.75) is 45.2 Å². The van der Waals surface area contributed by atoms with Crippen molar-refractivity contribution in [3.8, 4) is 0 Å². The van der Waals surface area contributed by atoms with Crippen LogP contribution >= 0.6 is 0 Å². The van der Waals surface area contributed by atoms with E-state index in [0.29, 0.717) is 5.95 Å². The first-order valence-electron chi connectivity index (χ1n) is 8.58. The Labute approximate surface area is 145 Å². The molecule has 0 spiro atoms. The molecule has 1 saturated carbocycles. The van der Waals surface area contributed by atoms with Crippen LogP contribution < -0.4 is 5.32 Å². The van der Waals surface area contributed by atoms with Crippen molar-refractivity contribution in [2.75, 3.05) is 5.32 Å². The summed E-state index contributed by atoms with van der Waals surface area (Å²) in [6.45, 7) is 3.85. The zero-order valence-electron chi connectivity index (χ0n) is 14.6. The molecule has 4 rings (SSSR count). The fraction of sp³-hybridized carbons (Fsp3) is 0.529. The van der Waals surface area contributed by atoms with Crippen LogP contribution in [0.3, 0.4) is 0 Å². The predicted octanol–water partition coefficient (Wildman–Crippen LogP) is 1.45. The molecule has 2 amide bonds. The Balaban J connectivity index is 1.66. The summed E-state index contributed by atoms with van der Waals surface area (Å²) < 4.78 is 1.79. The minimum absolute atomic E-state index is 0.0477. The highest BCUT2D eigenvalue weighted by Crippen LogP contribution is 2.45. The molecule has 3 heterocycles. The maximum absolute atomic E-state index is 12.9. The summed E-state index contributed by atoms with van der Waals surface area (Å²) in [5.41, 5.74) is 2.81. The summed E-state index contributed by atoms with van der Waals surface area (Å²) in [7, 11) is 1.87. The number of H-pyrrole nitrogens is 1. The van der Waals surface area contributed by atoms with Crippen LogP contribution in [-0.2, 0) is 16.6 Å². The molecule has 8 nitrogen and oxygen atoms in total. The Bertz CT molecular complexity index is 834. The molecule has 1 saturated heterocycles. The van der Waals surface area contributed by atoms with E-state index in [0.717, 1.165) is 29.8 Å². The lowest BCUT2D eigenvalue weighted by Gasteiger charge is -2.27. The molecule has 1 aliphatic carbocycles. The van der Waals surface area contributed by atoms with Crippen molar-refractivity contribution >= 4 is 17.8 Å². The molecular weight excluding hydrogens is 320 g/mol. The summed E-state index contributed by atoms with van der Waals surface area (Å²) >= 11 is 0. The molecule has 2 fully saturated rings. The van der Waals surface area contributed by atoms with Crippen molar-refractivity contribution in [2.24, 2.45) is 13.0 Å². The first kappa shape index (κ1) is 15.9. The lowest BCUT2D eigenvalue weighted by Crippen LogP contribution is -2.34. The van der Waals surface area contributed by atoms with Crippen LogP contribution in [0.1, 0.15) is 42.3 Å². The summed E-state index contributed by atoms with van der Waals surface area (Å²) in [6, 6.07) is -0.00878. The van der Waals surface area contributed by atoms with Crippen molar-refractivity contribution < 1.29 is 9.59 Å². The number of hydrogen-bond donors (Lipinski definition) is 2. The topological polar surface area (TPSA) is 95.9 Å². The third-order valence-corrected chi connectivity index (χ3v) is 5.18. The van der Waals surface area contributed by atoms with E-state index in [-0.39, 0.29) is 30.3 Å². The van der Waals surface area contributed by atoms with Crippen LogP contribution in [0.15, 0.2) is 12.4 Å². The number of rotatable bonds is 4. The van der Waals surface area contributed by atoms with Gasteiger partial charge in [0.1, 0.15) is 0 Å². The standard InChI is InChI=1S/C17H22N6O2/c1-9-7-18-17(20-9)21-16(25)12-6-14(24)23(11-4-5-11)15(12)13-8-19-22(3)10(13)2/h7-8,11-12,15H,4-6H2,1-3H3,(H2,18,20,21,25)/t12-,15-/m0/s1. The van der Waals surface area contributed by atoms with E-state index in [4.69, 9.17) is 0 Å². The van der Waals surface area contributed by atoms with Gasteiger partial charge in [-0.1, -0.05) is 0 Å². The summed E-state index contributed by atoms with van der Waals surface area (Å²) in [4.78, 5) is 34.5. The molecule has 0 radical (unpaired) electrons. The number of aryl methyl sites for hydroxylation is 2. The van der Waals surface area contributed by atoms with E-state index >= 15 is 0 Å². The van der Waals surface area contributed by atoms with Crippen LogP contribution in [0.5, 0.6) is 0 Å². The van der Waals surface area contributed by atoms with Gasteiger partial charge in [-0.25, -0.2) is 4.98 Å². The highest BCUT2D eigenvalue weighted by atomic mass is 16.2. The number of hydrogen-bond acceptors (Lipinski definition) is 4. The van der Waals surface area contributed by atoms with Gasteiger partial charge in [-0.2, -0.15) is 5.10 Å². The van der Waals surface area contributed by atoms with Gasteiger partial charge in [-0.15, -0.1) is 0 Å². The Morgan fingerprint density at radius 2 is 2.08 bits per heavy atom. The molecule has 0 bridgehead atoms. The number of anilines is 1. The van der Waals surface area contributed by atoms with Gasteiger partial charge < -0.3 is 9.88 Å². The van der Waals surface area contributed by atoms with Gasteiger partial charge in [0.15, 0.2) is 0 Å². The minimum atomic E-state index is -0.443. The SMILES string of the molecule is Cc1cnc(NC(=O)[C@H]2CC(=O)N(C3CC3)[C@@H]2c2cnn(C)c2C)[nH]1. The smallest absolute Gasteiger partial charge is 0.232 e. The largest absolute Gasteiger partial charge is 0.332 e. The third-order valence-electron chi connectivity index (χ3n) is 5.18. The molecular formula is C17H22N6O2. The monoisotopic (exact) mass is 342 g/mol. The first-order chi connectivity index (χ1) is 12.0. The molecule has 0 unspecified atom stereocenters. The molecule has 1 aliphatic heterocycles. The third kappa shape index (κ3) is 2.71. The molecule has 2 N–H and O–H groups in total. The maximum Gasteiger partial charge on any atom is 0.232 e. The molecule has 2 aliphatic rings. The van der Waals surface area contributed by atoms with Crippen molar-refractivity contribution in [3.63, 3.8) is 0 Å². The number of nitrogens with one attached hydrogen (secondary N) is 2. The average Bonchev–Trinajstić information content (AvgIpc) is 3.12. The second kappa shape index (κ2) is 5.72. The van der Waals surface area contributed by atoms with E-state index in [2.05, 4.69) is 20.4 Å². The minimum Gasteiger partial charge on any atom is -0.332 e. The predicted molar refractivity (Wildman–Crippen MR) is 90.6 cm³/mol. The van der Waals surface area contributed by atoms with Gasteiger partial charge in [0.05, 0.1) is 18.2 Å². The second-order valence-electron chi connectivity index (χ2n) is 7.00. The van der Waals surface area contributed by atoms with Crippen LogP contribution in [0.25, 0.3) is 0 Å². The number of carbonyl (C=O) groups excluding carboxylic acids is 2. The second-order valence-corrected chi connectivity index (χ2v) is 7.00. The Kier molecular flexibility index (Phi) is 3.63. The van der Waals surface area contributed by atoms with Gasteiger partial charge in [0.25, 0.3) is 0 Å². The summed E-state index contributed by atoms with van der Waals surface area (Å²) in [6.07, 6.45) is 5.68. The first-order valence-corrected chi connectivity index (χ1v) is 8.58. The summed E-state index contributed by atoms with van der Waals surface area (Å²) in [5.74, 6) is -0.159. The van der Waals surface area contributed by atoms with Crippen LogP contribution in [0, 0.1) is 19.8 Å². The number of nitrogens with zero attached hydrogens (tertiary/aromatic N) is 4. The van der Waals surface area contributed by atoms with Gasteiger partial charge >= 0.3 is 0 Å². The lowest BCUT2D eigenvalue weighted by molar-refractivity contribution is -0.129. The van der Waals surface area contributed by atoms with Crippen molar-refractivity contribution in [1.29, 1.82) is 0 Å². The molecule has 25 heavy (non-hydrogen) atoms. The Morgan fingerprint density at radius 3 is 2.64 bits per heavy atom. The van der Waals surface area contributed by atoms with Crippen molar-refractivity contribution in [3.05, 3.63) is 29.3 Å². The lowest BCUT2D eigenvalue weighted by atomic mass is 9.93. The quantitative estimate of drug-likeness (QED) is 0.879. The number of likely N-dealkylation sites (tertiary alicyclic amines) is 1. The van der Waals surface area contributed by atoms with Crippen LogP contribution in [-0.4, -0.2) is 42.5 Å². The van der Waals surface area contributed by atoms with E-state index in [1.54, 1.807) is 17.1 Å². The molecule has 0 aromatic carbocycles. The number of aromatic nitrogens is 4. The molecule has 8 heteroatoms. The zero-order chi connectivity index (χ0) is 17.7. The van der Waals surface area contributed by atoms with E-state index in [1.807, 2.05) is 25.8 Å². The molecule has 132 valence electrons. The van der Waals surface area contributed by atoms with Gasteiger partial charge in [-0.3, -0.25) is 19.6 Å². The van der Waals surface area contributed by atoms with Crippen LogP contribution in [0.4, 0.5) is 5.95 Å². The van der Waals surface area contributed by atoms with E-state index in [9.17, 15) is 9.59 Å². The molecule has 2 aromatic heterocycles. The fourth-order valence-electron chi connectivity index (χ4n) is 3.63. The Morgan fingerprint density at radius 1 is 1.32 bits per heavy atom. The van der Waals surface area contributed by atoms with Gasteiger partial charge in [0, 0.05) is 42.7 Å². The Hall–Kier alpha value is -2.64. The van der Waals surface area contributed by atoms with Gasteiger partial charge in [-0.05, 0) is 26.7 Å². The normalized spacial score (nSPS) is 23.3. The average molecular weight is 342 g/mol. The van der Waals surface area contributed by atoms with Crippen molar-refractivity contribution in [1.82, 2.24) is 24.6 Å². The van der Waals surface area contributed by atoms with Crippen LogP contribution in [0.2, 0.25) is 0 Å².